The predicted octanol–water partition coefficient (Wildman–Crippen LogP) is 2.55. The van der Waals surface area contributed by atoms with Crippen molar-refractivity contribution in [2.75, 3.05) is 34.3 Å². The van der Waals surface area contributed by atoms with Gasteiger partial charge in [-0.1, -0.05) is 18.2 Å². The molecule has 0 unspecified atom stereocenters. The Morgan fingerprint density at radius 1 is 1.07 bits per heavy atom. The highest BCUT2D eigenvalue weighted by atomic mass is 32.2. The van der Waals surface area contributed by atoms with Gasteiger partial charge in [0.25, 0.3) is 5.91 Å². The van der Waals surface area contributed by atoms with Crippen LogP contribution < -0.4 is 20.3 Å². The molecule has 0 radical (unpaired) electrons. The minimum absolute atomic E-state index is 0.130. The van der Waals surface area contributed by atoms with Crippen molar-refractivity contribution in [1.29, 1.82) is 0 Å². The standard InChI is InChI=1S/C21H26N4O4S/c1-15(26)23-17-9-10-19(24-30(2,28)29)18(13-17)21(27)22-14-16-7-3-4-8-20(16)25-11-5-6-12-25/h3-4,7-10,13,24H,5-6,11-12,14H2,1-2H3,(H,22,27)(H,23,26). The van der Waals surface area contributed by atoms with Gasteiger partial charge in [0.15, 0.2) is 0 Å². The lowest BCUT2D eigenvalue weighted by molar-refractivity contribution is -0.114. The van der Waals surface area contributed by atoms with Crippen molar-refractivity contribution >= 4 is 38.9 Å². The van der Waals surface area contributed by atoms with Crippen LogP contribution in [0.3, 0.4) is 0 Å². The average Bonchev–Trinajstić information content (AvgIpc) is 3.20. The zero-order valence-electron chi connectivity index (χ0n) is 17.1. The van der Waals surface area contributed by atoms with Gasteiger partial charge < -0.3 is 15.5 Å². The van der Waals surface area contributed by atoms with E-state index in [-0.39, 0.29) is 17.2 Å². The molecule has 1 aliphatic heterocycles. The second-order valence-electron chi connectivity index (χ2n) is 7.32. The molecule has 0 aromatic heterocycles. The number of nitrogens with one attached hydrogen (secondary N) is 3. The SMILES string of the molecule is CC(=O)Nc1ccc(NS(C)(=O)=O)c(C(=O)NCc2ccccc2N2CCCC2)c1. The van der Waals surface area contributed by atoms with E-state index in [1.165, 1.54) is 25.1 Å². The molecule has 9 heteroatoms. The number of para-hydroxylation sites is 1. The Bertz CT molecular complexity index is 1050. The summed E-state index contributed by atoms with van der Waals surface area (Å²) in [5, 5.41) is 5.48. The normalized spacial score (nSPS) is 13.7. The van der Waals surface area contributed by atoms with E-state index in [2.05, 4.69) is 20.3 Å². The molecule has 3 rings (SSSR count). The van der Waals surface area contributed by atoms with Crippen LogP contribution in [0, 0.1) is 0 Å². The number of anilines is 3. The van der Waals surface area contributed by atoms with E-state index in [0.717, 1.165) is 43.4 Å². The maximum atomic E-state index is 12.9. The molecule has 0 saturated carbocycles. The van der Waals surface area contributed by atoms with Gasteiger partial charge in [-0.3, -0.25) is 14.3 Å². The molecular formula is C21H26N4O4S. The Labute approximate surface area is 176 Å². The van der Waals surface area contributed by atoms with Crippen LogP contribution in [-0.4, -0.2) is 39.6 Å². The third-order valence-corrected chi connectivity index (χ3v) is 5.35. The molecule has 8 nitrogen and oxygen atoms in total. The first-order valence-electron chi connectivity index (χ1n) is 9.73. The summed E-state index contributed by atoms with van der Waals surface area (Å²) in [7, 11) is -3.58. The molecule has 30 heavy (non-hydrogen) atoms. The third-order valence-electron chi connectivity index (χ3n) is 4.76. The number of carbonyl (C=O) groups excluding carboxylic acids is 2. The monoisotopic (exact) mass is 430 g/mol. The summed E-state index contributed by atoms with van der Waals surface area (Å²) in [5.74, 6) is -0.728. The van der Waals surface area contributed by atoms with Gasteiger partial charge in [0.1, 0.15) is 0 Å². The highest BCUT2D eigenvalue weighted by Crippen LogP contribution is 2.25. The fraction of sp³-hybridized carbons (Fsp3) is 0.333. The summed E-state index contributed by atoms with van der Waals surface area (Å²) < 4.78 is 25.7. The molecule has 0 spiro atoms. The van der Waals surface area contributed by atoms with Crippen molar-refractivity contribution in [1.82, 2.24) is 5.32 Å². The van der Waals surface area contributed by atoms with Gasteiger partial charge in [-0.25, -0.2) is 8.42 Å². The molecule has 1 aliphatic rings. The summed E-state index contributed by atoms with van der Waals surface area (Å²) in [6.45, 7) is 3.64. The number of sulfonamides is 1. The van der Waals surface area contributed by atoms with E-state index >= 15 is 0 Å². The van der Waals surface area contributed by atoms with Crippen LogP contribution in [0.1, 0.15) is 35.7 Å². The first-order chi connectivity index (χ1) is 14.2. The number of benzene rings is 2. The van der Waals surface area contributed by atoms with E-state index in [0.29, 0.717) is 12.2 Å². The minimum Gasteiger partial charge on any atom is -0.371 e. The van der Waals surface area contributed by atoms with Gasteiger partial charge in [-0.15, -0.1) is 0 Å². The molecule has 160 valence electrons. The van der Waals surface area contributed by atoms with Crippen LogP contribution in [0.15, 0.2) is 42.5 Å². The van der Waals surface area contributed by atoms with Crippen LogP contribution in [0.25, 0.3) is 0 Å². The second-order valence-corrected chi connectivity index (χ2v) is 9.07. The summed E-state index contributed by atoms with van der Waals surface area (Å²) in [6.07, 6.45) is 3.32. The molecular weight excluding hydrogens is 404 g/mol. The molecule has 1 fully saturated rings. The number of carbonyl (C=O) groups is 2. The number of rotatable bonds is 7. The van der Waals surface area contributed by atoms with E-state index < -0.39 is 15.9 Å². The molecule has 1 heterocycles. The highest BCUT2D eigenvalue weighted by Gasteiger charge is 2.18. The van der Waals surface area contributed by atoms with Crippen molar-refractivity contribution < 1.29 is 18.0 Å². The molecule has 3 N–H and O–H groups in total. The maximum absolute atomic E-state index is 12.9. The Kier molecular flexibility index (Phi) is 6.61. The van der Waals surface area contributed by atoms with E-state index in [1.807, 2.05) is 24.3 Å². The molecule has 1 saturated heterocycles. The summed E-state index contributed by atoms with van der Waals surface area (Å²) in [5.41, 5.74) is 2.77. The van der Waals surface area contributed by atoms with Gasteiger partial charge in [-0.2, -0.15) is 0 Å². The number of amides is 2. The van der Waals surface area contributed by atoms with Gasteiger partial charge in [0.05, 0.1) is 17.5 Å². The lowest BCUT2D eigenvalue weighted by Gasteiger charge is -2.21. The maximum Gasteiger partial charge on any atom is 0.253 e. The van der Waals surface area contributed by atoms with Crippen LogP contribution in [0.5, 0.6) is 0 Å². The second kappa shape index (κ2) is 9.17. The minimum atomic E-state index is -3.58. The average molecular weight is 431 g/mol. The fourth-order valence-electron chi connectivity index (χ4n) is 3.50. The highest BCUT2D eigenvalue weighted by molar-refractivity contribution is 7.92. The number of hydrogen-bond donors (Lipinski definition) is 3. The van der Waals surface area contributed by atoms with Crippen molar-refractivity contribution in [2.24, 2.45) is 0 Å². The zero-order chi connectivity index (χ0) is 21.7. The summed E-state index contributed by atoms with van der Waals surface area (Å²) >= 11 is 0. The van der Waals surface area contributed by atoms with Crippen LogP contribution in [0.2, 0.25) is 0 Å². The topological polar surface area (TPSA) is 108 Å². The largest absolute Gasteiger partial charge is 0.371 e. The molecule has 0 bridgehead atoms. The van der Waals surface area contributed by atoms with E-state index in [1.54, 1.807) is 0 Å². The van der Waals surface area contributed by atoms with Crippen LogP contribution in [0.4, 0.5) is 17.1 Å². The van der Waals surface area contributed by atoms with E-state index in [4.69, 9.17) is 0 Å². The molecule has 2 aromatic carbocycles. The quantitative estimate of drug-likeness (QED) is 0.626. The van der Waals surface area contributed by atoms with Crippen LogP contribution in [-0.2, 0) is 21.4 Å². The fourth-order valence-corrected chi connectivity index (χ4v) is 4.08. The van der Waals surface area contributed by atoms with E-state index in [9.17, 15) is 18.0 Å². The van der Waals surface area contributed by atoms with Gasteiger partial charge in [-0.05, 0) is 42.7 Å². The Morgan fingerprint density at radius 2 is 1.77 bits per heavy atom. The van der Waals surface area contributed by atoms with Gasteiger partial charge in [0, 0.05) is 37.9 Å². The lowest BCUT2D eigenvalue weighted by atomic mass is 10.1. The smallest absolute Gasteiger partial charge is 0.253 e. The molecule has 0 atom stereocenters. The molecule has 2 aromatic rings. The van der Waals surface area contributed by atoms with Crippen molar-refractivity contribution in [2.45, 2.75) is 26.3 Å². The predicted molar refractivity (Wildman–Crippen MR) is 118 cm³/mol. The first kappa shape index (κ1) is 21.6. The Balaban J connectivity index is 1.82. The van der Waals surface area contributed by atoms with Crippen molar-refractivity contribution in [3.05, 3.63) is 53.6 Å². The van der Waals surface area contributed by atoms with Gasteiger partial charge in [0.2, 0.25) is 15.9 Å². The Hall–Kier alpha value is -3.07. The van der Waals surface area contributed by atoms with Crippen molar-refractivity contribution in [3.63, 3.8) is 0 Å². The summed E-state index contributed by atoms with van der Waals surface area (Å²) in [6, 6.07) is 12.4. The van der Waals surface area contributed by atoms with Crippen LogP contribution >= 0.6 is 0 Å². The number of nitrogens with zero attached hydrogens (tertiary/aromatic N) is 1. The molecule has 0 aliphatic carbocycles. The zero-order valence-corrected chi connectivity index (χ0v) is 17.9. The van der Waals surface area contributed by atoms with Crippen molar-refractivity contribution in [3.8, 4) is 0 Å². The number of hydrogen-bond acceptors (Lipinski definition) is 5. The third kappa shape index (κ3) is 5.73. The first-order valence-corrected chi connectivity index (χ1v) is 11.6. The Morgan fingerprint density at radius 3 is 2.43 bits per heavy atom. The molecule has 2 amide bonds. The summed E-state index contributed by atoms with van der Waals surface area (Å²) in [4.78, 5) is 26.6. The lowest BCUT2D eigenvalue weighted by Crippen LogP contribution is -2.27. The van der Waals surface area contributed by atoms with Gasteiger partial charge >= 0.3 is 0 Å².